The third-order valence-corrected chi connectivity index (χ3v) is 8.24. The lowest BCUT2D eigenvalue weighted by Crippen LogP contribution is -2.52. The van der Waals surface area contributed by atoms with Crippen molar-refractivity contribution in [3.05, 3.63) is 81.2 Å². The van der Waals surface area contributed by atoms with Gasteiger partial charge in [0.2, 0.25) is 5.60 Å². The van der Waals surface area contributed by atoms with Crippen LogP contribution in [0.3, 0.4) is 0 Å². The van der Waals surface area contributed by atoms with E-state index in [1.165, 1.54) is 22.9 Å². The van der Waals surface area contributed by atoms with E-state index in [4.69, 9.17) is 32.7 Å². The largest absolute Gasteiger partial charge is 0.444 e. The summed E-state index contributed by atoms with van der Waals surface area (Å²) >= 11 is 11.7. The molecular formula is C31H32Cl2F3N5O6. The van der Waals surface area contributed by atoms with E-state index in [1.807, 2.05) is 0 Å². The second kappa shape index (κ2) is 13.3. The summed E-state index contributed by atoms with van der Waals surface area (Å²) in [6.45, 7) is 4.60. The topological polar surface area (TPSA) is 135 Å². The molecule has 0 bridgehead atoms. The molecule has 3 heterocycles. The molecule has 1 unspecified atom stereocenters. The smallest absolute Gasteiger partial charge is 0.407 e. The Morgan fingerprint density at radius 1 is 1.17 bits per heavy atom. The van der Waals surface area contributed by atoms with Crippen molar-refractivity contribution >= 4 is 46.9 Å². The van der Waals surface area contributed by atoms with Crippen LogP contribution in [0.5, 0.6) is 0 Å². The number of benzene rings is 2. The fourth-order valence-corrected chi connectivity index (χ4v) is 6.04. The van der Waals surface area contributed by atoms with Crippen LogP contribution in [0.1, 0.15) is 56.9 Å². The van der Waals surface area contributed by atoms with E-state index in [1.54, 1.807) is 27.0 Å². The Kier molecular flexibility index (Phi) is 9.79. The van der Waals surface area contributed by atoms with Gasteiger partial charge in [0.1, 0.15) is 29.2 Å². The first-order valence-corrected chi connectivity index (χ1v) is 15.4. The fourth-order valence-electron chi connectivity index (χ4n) is 5.50. The van der Waals surface area contributed by atoms with Crippen molar-refractivity contribution in [2.24, 2.45) is 0 Å². The molecule has 252 valence electrons. The Morgan fingerprint density at radius 2 is 1.91 bits per heavy atom. The monoisotopic (exact) mass is 697 g/mol. The van der Waals surface area contributed by atoms with Crippen molar-refractivity contribution in [1.29, 1.82) is 0 Å². The molecule has 2 aromatic carbocycles. The molecule has 0 spiro atoms. The third-order valence-electron chi connectivity index (χ3n) is 7.75. The van der Waals surface area contributed by atoms with Crippen LogP contribution >= 0.6 is 23.2 Å². The van der Waals surface area contributed by atoms with Crippen molar-refractivity contribution in [3.63, 3.8) is 0 Å². The minimum Gasteiger partial charge on any atom is -0.444 e. The highest BCUT2D eigenvalue weighted by molar-refractivity contribution is 6.34. The van der Waals surface area contributed by atoms with Gasteiger partial charge in [-0.05, 0) is 57.5 Å². The van der Waals surface area contributed by atoms with E-state index in [0.29, 0.717) is 0 Å². The number of anilines is 1. The Labute approximate surface area is 277 Å². The van der Waals surface area contributed by atoms with Crippen molar-refractivity contribution in [1.82, 2.24) is 20.4 Å². The minimum atomic E-state index is -2.44. The van der Waals surface area contributed by atoms with Crippen LogP contribution in [-0.4, -0.2) is 63.2 Å². The number of aliphatic hydroxyl groups is 1. The normalized spacial score (nSPS) is 23.1. The summed E-state index contributed by atoms with van der Waals surface area (Å²) in [6, 6.07) is 5.53. The molecule has 2 aliphatic rings. The van der Waals surface area contributed by atoms with Crippen molar-refractivity contribution in [2.75, 3.05) is 18.1 Å². The number of hydrogen-bond donors (Lipinski definition) is 3. The second-order valence-corrected chi connectivity index (χ2v) is 13.2. The molecule has 5 rings (SSSR count). The molecular weight excluding hydrogens is 666 g/mol. The van der Waals surface area contributed by atoms with E-state index < -0.39 is 64.7 Å². The van der Waals surface area contributed by atoms with Gasteiger partial charge in [0.25, 0.3) is 11.8 Å². The van der Waals surface area contributed by atoms with E-state index in [-0.39, 0.29) is 59.5 Å². The molecule has 3 amide bonds. The molecule has 3 aromatic rings. The quantitative estimate of drug-likeness (QED) is 0.234. The SMILES string of the molecule is CC(C)(C)OC(=O)N[C@H]1C[C@@H](n2ccc(N3CCC(O)(C(=O)NCc4cc(Cl)cc(Cl)c4F)C3=O)n2)CO[C@@H]1c1cc(F)ccc1F. The fraction of sp³-hybridized carbons (Fsp3) is 0.419. The molecule has 1 aromatic heterocycles. The minimum absolute atomic E-state index is 0.0153. The van der Waals surface area contributed by atoms with Crippen molar-refractivity contribution < 1.29 is 42.1 Å². The van der Waals surface area contributed by atoms with Gasteiger partial charge in [0.15, 0.2) is 5.82 Å². The number of ether oxygens (including phenoxy) is 2. The van der Waals surface area contributed by atoms with Crippen molar-refractivity contribution in [2.45, 2.75) is 69.5 Å². The number of rotatable bonds is 7. The maximum Gasteiger partial charge on any atom is 0.407 e. The maximum atomic E-state index is 14.8. The van der Waals surface area contributed by atoms with Gasteiger partial charge < -0.3 is 25.2 Å². The molecule has 3 N–H and O–H groups in total. The second-order valence-electron chi connectivity index (χ2n) is 12.3. The van der Waals surface area contributed by atoms with Gasteiger partial charge in [-0.25, -0.2) is 18.0 Å². The number of hydrogen-bond acceptors (Lipinski definition) is 7. The van der Waals surface area contributed by atoms with Gasteiger partial charge >= 0.3 is 6.09 Å². The number of nitrogens with one attached hydrogen (secondary N) is 2. The summed E-state index contributed by atoms with van der Waals surface area (Å²) in [5.74, 6) is -4.03. The summed E-state index contributed by atoms with van der Waals surface area (Å²) in [5, 5.41) is 20.5. The van der Waals surface area contributed by atoms with Gasteiger partial charge in [-0.1, -0.05) is 23.2 Å². The van der Waals surface area contributed by atoms with Gasteiger partial charge in [0.05, 0.1) is 23.7 Å². The van der Waals surface area contributed by atoms with Gasteiger partial charge in [-0.3, -0.25) is 19.2 Å². The van der Waals surface area contributed by atoms with E-state index in [9.17, 15) is 32.7 Å². The number of alkyl carbamates (subject to hydrolysis) is 1. The first-order chi connectivity index (χ1) is 22.1. The van der Waals surface area contributed by atoms with Crippen LogP contribution in [0.15, 0.2) is 42.6 Å². The average Bonchev–Trinajstić information content (AvgIpc) is 3.59. The molecule has 2 fully saturated rings. The third kappa shape index (κ3) is 7.51. The summed E-state index contributed by atoms with van der Waals surface area (Å²) in [7, 11) is 0. The summed E-state index contributed by atoms with van der Waals surface area (Å²) in [6.07, 6.45) is -0.386. The van der Waals surface area contributed by atoms with Crippen LogP contribution in [0, 0.1) is 17.5 Å². The molecule has 0 saturated carbocycles. The Morgan fingerprint density at radius 3 is 2.64 bits per heavy atom. The Balaban J connectivity index is 1.29. The number of halogens is 5. The zero-order valence-corrected chi connectivity index (χ0v) is 27.0. The lowest BCUT2D eigenvalue weighted by atomic mass is 9.93. The molecule has 47 heavy (non-hydrogen) atoms. The number of aromatic nitrogens is 2. The molecule has 16 heteroatoms. The summed E-state index contributed by atoms with van der Waals surface area (Å²) in [4.78, 5) is 40.0. The summed E-state index contributed by atoms with van der Waals surface area (Å²) in [5.41, 5.74) is -3.37. The van der Waals surface area contributed by atoms with Crippen LogP contribution in [0.4, 0.5) is 23.8 Å². The Bertz CT molecular complexity index is 1700. The maximum absolute atomic E-state index is 14.8. The first-order valence-electron chi connectivity index (χ1n) is 14.6. The number of amides is 3. The Hall–Kier alpha value is -3.85. The molecule has 0 radical (unpaired) electrons. The molecule has 2 saturated heterocycles. The predicted molar refractivity (Wildman–Crippen MR) is 164 cm³/mol. The first kappa shape index (κ1) is 34.5. The summed E-state index contributed by atoms with van der Waals surface area (Å²) < 4.78 is 56.0. The van der Waals surface area contributed by atoms with Crippen LogP contribution < -0.4 is 15.5 Å². The average molecular weight is 699 g/mol. The number of carbonyl (C=O) groups excluding carboxylic acids is 3. The van der Waals surface area contributed by atoms with E-state index in [0.717, 1.165) is 23.1 Å². The zero-order chi connectivity index (χ0) is 34.3. The molecule has 11 nitrogen and oxygen atoms in total. The standard InChI is InChI=1S/C31H32Cl2F3N5O6/c1-30(2,3)47-29(44)38-23-13-19(15-46-26(23)20-12-18(34)4-5-22(20)35)41-8-6-24(39-41)40-9-7-31(45,28(40)43)27(42)37-14-16-10-17(32)11-21(33)25(16)36/h4-6,8,10-12,19,23,26,45H,7,9,13-15H2,1-3H3,(H,37,42)(H,38,44)/t19-,23+,26-,31?/m1/s1. The van der Waals surface area contributed by atoms with Gasteiger partial charge in [-0.15, -0.1) is 0 Å². The molecule has 4 atom stereocenters. The van der Waals surface area contributed by atoms with E-state index in [2.05, 4.69) is 15.7 Å². The van der Waals surface area contributed by atoms with Crippen LogP contribution in [0.25, 0.3) is 0 Å². The van der Waals surface area contributed by atoms with Crippen LogP contribution in [-0.2, 0) is 25.6 Å². The predicted octanol–water partition coefficient (Wildman–Crippen LogP) is 4.99. The van der Waals surface area contributed by atoms with Gasteiger partial charge in [-0.2, -0.15) is 5.10 Å². The molecule has 0 aliphatic carbocycles. The highest BCUT2D eigenvalue weighted by atomic mass is 35.5. The number of nitrogens with zero attached hydrogens (tertiary/aromatic N) is 3. The lowest BCUT2D eigenvalue weighted by molar-refractivity contribution is -0.149. The van der Waals surface area contributed by atoms with Crippen LogP contribution in [0.2, 0.25) is 10.0 Å². The molecule has 2 aliphatic heterocycles. The zero-order valence-electron chi connectivity index (χ0n) is 25.5. The lowest BCUT2D eigenvalue weighted by Gasteiger charge is -2.37. The highest BCUT2D eigenvalue weighted by Crippen LogP contribution is 2.36. The highest BCUT2D eigenvalue weighted by Gasteiger charge is 2.52. The van der Waals surface area contributed by atoms with Crippen molar-refractivity contribution in [3.8, 4) is 0 Å². The van der Waals surface area contributed by atoms with E-state index >= 15 is 0 Å². The van der Waals surface area contributed by atoms with Gasteiger partial charge in [0, 0.05) is 47.9 Å². The number of carbonyl (C=O) groups is 3.